The number of sulfonamides is 1. The first-order valence-electron chi connectivity index (χ1n) is 13.2. The van der Waals surface area contributed by atoms with Crippen molar-refractivity contribution in [2.75, 3.05) is 24.7 Å². The van der Waals surface area contributed by atoms with Gasteiger partial charge in [-0.25, -0.2) is 27.1 Å². The fraction of sp³-hybridized carbons (Fsp3) is 0.400. The monoisotopic (exact) mass is 569 g/mol. The molecule has 1 saturated heterocycles. The maximum atomic E-state index is 13.8. The highest BCUT2D eigenvalue weighted by atomic mass is 32.2. The molecule has 0 spiro atoms. The molecule has 0 aliphatic carbocycles. The lowest BCUT2D eigenvalue weighted by Gasteiger charge is -2.33. The van der Waals surface area contributed by atoms with Crippen molar-refractivity contribution in [1.82, 2.24) is 9.97 Å². The van der Waals surface area contributed by atoms with Gasteiger partial charge in [0.15, 0.2) is 6.29 Å². The van der Waals surface area contributed by atoms with Crippen molar-refractivity contribution in [3.8, 4) is 11.3 Å². The second-order valence-electron chi connectivity index (χ2n) is 10.2. The standard InChI is InChI=1S/C30H36FN3O5S/c1-20(2)28-26(29(22-11-13-23(31)14-12-22)33-30(32-28)34(3)40(5,35)36)16-15-24-17-25(18-27(37-4)39-24)38-19-21-9-7-6-8-10-21/h6-16,20,24-25,27H,17-19H2,1-5H3/b16-15+. The van der Waals surface area contributed by atoms with Crippen molar-refractivity contribution < 1.29 is 27.0 Å². The molecular weight excluding hydrogens is 533 g/mol. The van der Waals surface area contributed by atoms with E-state index in [-0.39, 0.29) is 29.9 Å². The third-order valence-corrected chi connectivity index (χ3v) is 7.91. The number of halogens is 1. The molecule has 1 fully saturated rings. The summed E-state index contributed by atoms with van der Waals surface area (Å²) in [4.78, 5) is 9.26. The lowest BCUT2D eigenvalue weighted by atomic mass is 9.96. The summed E-state index contributed by atoms with van der Waals surface area (Å²) >= 11 is 0. The Morgan fingerprint density at radius 2 is 1.80 bits per heavy atom. The van der Waals surface area contributed by atoms with E-state index in [1.165, 1.54) is 19.2 Å². The van der Waals surface area contributed by atoms with Gasteiger partial charge in [-0.15, -0.1) is 0 Å². The normalized spacial score (nSPS) is 19.8. The van der Waals surface area contributed by atoms with Gasteiger partial charge in [-0.2, -0.15) is 0 Å². The maximum Gasteiger partial charge on any atom is 0.239 e. The van der Waals surface area contributed by atoms with Crippen LogP contribution in [0.5, 0.6) is 0 Å². The number of nitrogens with zero attached hydrogens (tertiary/aromatic N) is 3. The fourth-order valence-electron chi connectivity index (χ4n) is 4.48. The molecule has 3 atom stereocenters. The summed E-state index contributed by atoms with van der Waals surface area (Å²) in [6.07, 6.45) is 5.36. The zero-order valence-corrected chi connectivity index (χ0v) is 24.3. The van der Waals surface area contributed by atoms with Crippen LogP contribution in [0.1, 0.15) is 49.4 Å². The number of aromatic nitrogens is 2. The molecule has 1 aromatic heterocycles. The van der Waals surface area contributed by atoms with Crippen LogP contribution in [0.25, 0.3) is 17.3 Å². The van der Waals surface area contributed by atoms with E-state index in [9.17, 15) is 12.8 Å². The molecule has 4 rings (SSSR count). The minimum atomic E-state index is -3.60. The van der Waals surface area contributed by atoms with Crippen LogP contribution >= 0.6 is 0 Å². The van der Waals surface area contributed by atoms with E-state index in [1.807, 2.05) is 56.3 Å². The number of hydrogen-bond donors (Lipinski definition) is 0. The van der Waals surface area contributed by atoms with Gasteiger partial charge in [-0.1, -0.05) is 56.3 Å². The predicted molar refractivity (Wildman–Crippen MR) is 154 cm³/mol. The Kier molecular flexibility index (Phi) is 9.68. The second kappa shape index (κ2) is 13.0. The molecule has 8 nitrogen and oxygen atoms in total. The first-order chi connectivity index (χ1) is 19.0. The van der Waals surface area contributed by atoms with Crippen LogP contribution in [0.3, 0.4) is 0 Å². The number of anilines is 1. The molecule has 2 heterocycles. The second-order valence-corrected chi connectivity index (χ2v) is 12.2. The van der Waals surface area contributed by atoms with E-state index in [0.717, 1.165) is 16.1 Å². The van der Waals surface area contributed by atoms with E-state index >= 15 is 0 Å². The largest absolute Gasteiger partial charge is 0.373 e. The van der Waals surface area contributed by atoms with Gasteiger partial charge in [0.25, 0.3) is 0 Å². The van der Waals surface area contributed by atoms with E-state index in [4.69, 9.17) is 14.2 Å². The van der Waals surface area contributed by atoms with Crippen LogP contribution in [0.15, 0.2) is 60.7 Å². The Morgan fingerprint density at radius 1 is 1.10 bits per heavy atom. The summed E-state index contributed by atoms with van der Waals surface area (Å²) in [5.41, 5.74) is 3.59. The average molecular weight is 570 g/mol. The summed E-state index contributed by atoms with van der Waals surface area (Å²) < 4.78 is 57.3. The van der Waals surface area contributed by atoms with Gasteiger partial charge in [-0.3, -0.25) is 0 Å². The van der Waals surface area contributed by atoms with Crippen LogP contribution < -0.4 is 4.31 Å². The molecule has 1 aliphatic heterocycles. The lowest BCUT2D eigenvalue weighted by Crippen LogP contribution is -2.37. The summed E-state index contributed by atoms with van der Waals surface area (Å²) in [7, 11) is -0.582. The molecule has 0 bridgehead atoms. The summed E-state index contributed by atoms with van der Waals surface area (Å²) in [6, 6.07) is 15.9. The SMILES string of the molecule is COC1CC(OCc2ccccc2)CC(/C=C/c2c(-c3ccc(F)cc3)nc(N(C)S(C)(=O)=O)nc2C(C)C)O1. The number of ether oxygens (including phenoxy) is 3. The zero-order valence-electron chi connectivity index (χ0n) is 23.5. The third-order valence-electron chi connectivity index (χ3n) is 6.75. The Hall–Kier alpha value is -3.18. The van der Waals surface area contributed by atoms with Gasteiger partial charge in [0.2, 0.25) is 16.0 Å². The molecule has 0 radical (unpaired) electrons. The third kappa shape index (κ3) is 7.51. The van der Waals surface area contributed by atoms with Crippen molar-refractivity contribution >= 4 is 22.0 Å². The Balaban J connectivity index is 1.69. The predicted octanol–water partition coefficient (Wildman–Crippen LogP) is 5.55. The van der Waals surface area contributed by atoms with Crippen molar-refractivity contribution in [2.45, 2.75) is 57.7 Å². The summed E-state index contributed by atoms with van der Waals surface area (Å²) in [5, 5.41) is 0. The first kappa shape index (κ1) is 29.8. The van der Waals surface area contributed by atoms with Gasteiger partial charge in [0, 0.05) is 38.1 Å². The molecule has 0 saturated carbocycles. The molecule has 0 N–H and O–H groups in total. The van der Waals surface area contributed by atoms with Gasteiger partial charge >= 0.3 is 0 Å². The minimum Gasteiger partial charge on any atom is -0.373 e. The molecule has 0 amide bonds. The molecule has 3 unspecified atom stereocenters. The molecule has 214 valence electrons. The average Bonchev–Trinajstić information content (AvgIpc) is 2.94. The number of rotatable bonds is 10. The molecule has 1 aliphatic rings. The number of hydrogen-bond acceptors (Lipinski definition) is 7. The van der Waals surface area contributed by atoms with Crippen LogP contribution in [-0.4, -0.2) is 57.3 Å². The Morgan fingerprint density at radius 3 is 2.42 bits per heavy atom. The first-order valence-corrected chi connectivity index (χ1v) is 15.0. The molecular formula is C30H36FN3O5S. The van der Waals surface area contributed by atoms with E-state index < -0.39 is 16.3 Å². The van der Waals surface area contributed by atoms with Crippen molar-refractivity contribution in [3.05, 3.63) is 83.3 Å². The Bertz CT molecular complexity index is 1420. The van der Waals surface area contributed by atoms with E-state index in [0.29, 0.717) is 42.0 Å². The van der Waals surface area contributed by atoms with E-state index in [1.54, 1.807) is 19.2 Å². The van der Waals surface area contributed by atoms with Crippen molar-refractivity contribution in [1.29, 1.82) is 0 Å². The minimum absolute atomic E-state index is 0.0467. The molecule has 2 aromatic carbocycles. The van der Waals surface area contributed by atoms with Gasteiger partial charge in [-0.05, 0) is 35.7 Å². The number of benzene rings is 2. The van der Waals surface area contributed by atoms with E-state index in [2.05, 4.69) is 9.97 Å². The van der Waals surface area contributed by atoms with Crippen molar-refractivity contribution in [2.24, 2.45) is 0 Å². The topological polar surface area (TPSA) is 90.9 Å². The van der Waals surface area contributed by atoms with Crippen LogP contribution in [0, 0.1) is 5.82 Å². The van der Waals surface area contributed by atoms with Gasteiger partial charge in [0.05, 0.1) is 36.5 Å². The summed E-state index contributed by atoms with van der Waals surface area (Å²) in [6.45, 7) is 4.45. The quantitative estimate of drug-likeness (QED) is 0.316. The van der Waals surface area contributed by atoms with Gasteiger partial charge < -0.3 is 14.2 Å². The highest BCUT2D eigenvalue weighted by Crippen LogP contribution is 2.33. The lowest BCUT2D eigenvalue weighted by molar-refractivity contribution is -0.200. The maximum absolute atomic E-state index is 13.8. The molecule has 3 aromatic rings. The zero-order chi connectivity index (χ0) is 28.9. The van der Waals surface area contributed by atoms with Crippen molar-refractivity contribution in [3.63, 3.8) is 0 Å². The van der Waals surface area contributed by atoms with Crippen LogP contribution in [-0.2, 0) is 30.8 Å². The Labute approximate surface area is 235 Å². The molecule has 40 heavy (non-hydrogen) atoms. The summed E-state index contributed by atoms with van der Waals surface area (Å²) in [5.74, 6) is -0.393. The molecule has 10 heteroatoms. The van der Waals surface area contributed by atoms with Crippen LogP contribution in [0.2, 0.25) is 0 Å². The van der Waals surface area contributed by atoms with Crippen LogP contribution in [0.4, 0.5) is 10.3 Å². The van der Waals surface area contributed by atoms with Gasteiger partial charge in [0.1, 0.15) is 5.82 Å². The highest BCUT2D eigenvalue weighted by molar-refractivity contribution is 7.92. The highest BCUT2D eigenvalue weighted by Gasteiger charge is 2.29. The number of methoxy groups -OCH3 is 1. The smallest absolute Gasteiger partial charge is 0.239 e. The fourth-order valence-corrected chi connectivity index (χ4v) is 4.85.